The van der Waals surface area contributed by atoms with E-state index in [0.29, 0.717) is 44.5 Å². The number of rotatable bonds is 8. The van der Waals surface area contributed by atoms with Crippen molar-refractivity contribution in [1.82, 2.24) is 5.32 Å². The Morgan fingerprint density at radius 3 is 2.38 bits per heavy atom. The molecule has 0 spiro atoms. The maximum Gasteiger partial charge on any atom is 0.180 e. The highest BCUT2D eigenvalue weighted by molar-refractivity contribution is 6.32. The van der Waals surface area contributed by atoms with Gasteiger partial charge in [0.2, 0.25) is 0 Å². The summed E-state index contributed by atoms with van der Waals surface area (Å²) < 4.78 is 26.0. The molecule has 0 amide bonds. The van der Waals surface area contributed by atoms with E-state index in [2.05, 4.69) is 19.2 Å². The van der Waals surface area contributed by atoms with Crippen molar-refractivity contribution in [3.63, 3.8) is 0 Å². The van der Waals surface area contributed by atoms with Gasteiger partial charge in [-0.25, -0.2) is 4.39 Å². The summed E-state index contributed by atoms with van der Waals surface area (Å²) in [4.78, 5) is 0. The van der Waals surface area contributed by atoms with Crippen LogP contribution in [0.5, 0.6) is 11.5 Å². The smallest absolute Gasteiger partial charge is 0.180 e. The largest absolute Gasteiger partial charge is 0.490 e. The topological polar surface area (TPSA) is 30.5 Å². The second-order valence-electron chi connectivity index (χ2n) is 11.6. The monoisotopic (exact) mass is 505 g/mol. The average molecular weight is 506 g/mol. The van der Waals surface area contributed by atoms with Crippen molar-refractivity contribution in [2.24, 2.45) is 16.7 Å². The van der Waals surface area contributed by atoms with Gasteiger partial charge < -0.3 is 14.8 Å². The summed E-state index contributed by atoms with van der Waals surface area (Å²) in [6, 6.07) is 8.51. The van der Waals surface area contributed by atoms with E-state index in [-0.39, 0.29) is 12.1 Å². The van der Waals surface area contributed by atoms with Crippen LogP contribution in [0.2, 0.25) is 10.0 Å². The number of hydrogen-bond donors (Lipinski definition) is 1. The molecule has 184 valence electrons. The van der Waals surface area contributed by atoms with Gasteiger partial charge in [0.05, 0.1) is 16.7 Å². The quantitative estimate of drug-likeness (QED) is 0.394. The molecule has 0 saturated heterocycles. The molecule has 0 aromatic heterocycles. The summed E-state index contributed by atoms with van der Waals surface area (Å²) in [7, 11) is 0. The minimum atomic E-state index is -0.402. The predicted molar refractivity (Wildman–Crippen MR) is 135 cm³/mol. The molecular formula is C28H34Cl2FNO2. The van der Waals surface area contributed by atoms with Crippen LogP contribution in [-0.2, 0) is 13.2 Å². The van der Waals surface area contributed by atoms with Gasteiger partial charge in [-0.1, -0.05) is 43.1 Å². The van der Waals surface area contributed by atoms with Crippen LogP contribution in [0.1, 0.15) is 70.4 Å². The van der Waals surface area contributed by atoms with Gasteiger partial charge in [0.25, 0.3) is 0 Å². The Bertz CT molecular complexity index is 1050. The van der Waals surface area contributed by atoms with Crippen LogP contribution in [0.15, 0.2) is 30.3 Å². The fraction of sp³-hybridized carbons (Fsp3) is 0.571. The van der Waals surface area contributed by atoms with Crippen LogP contribution in [0.25, 0.3) is 0 Å². The summed E-state index contributed by atoms with van der Waals surface area (Å²) in [5, 5.41) is 4.75. The summed E-state index contributed by atoms with van der Waals surface area (Å²) in [6.07, 6.45) is 7.90. The molecule has 4 bridgehead atoms. The van der Waals surface area contributed by atoms with Crippen LogP contribution in [0.4, 0.5) is 4.39 Å². The average Bonchev–Trinajstić information content (AvgIpc) is 2.71. The molecule has 34 heavy (non-hydrogen) atoms. The molecule has 0 aliphatic heterocycles. The van der Waals surface area contributed by atoms with E-state index in [1.807, 2.05) is 19.1 Å². The minimum Gasteiger partial charge on any atom is -0.490 e. The van der Waals surface area contributed by atoms with Crippen molar-refractivity contribution in [3.05, 3.63) is 57.3 Å². The number of hydrogen-bond acceptors (Lipinski definition) is 3. The summed E-state index contributed by atoms with van der Waals surface area (Å²) in [5.41, 5.74) is 2.49. The van der Waals surface area contributed by atoms with Gasteiger partial charge in [-0.15, -0.1) is 0 Å². The van der Waals surface area contributed by atoms with Crippen molar-refractivity contribution in [1.29, 1.82) is 0 Å². The Kier molecular flexibility index (Phi) is 6.32. The van der Waals surface area contributed by atoms with Crippen molar-refractivity contribution in [2.45, 2.75) is 78.0 Å². The van der Waals surface area contributed by atoms with Gasteiger partial charge in [0, 0.05) is 17.6 Å². The molecule has 4 aliphatic rings. The molecule has 4 atom stereocenters. The first-order valence-electron chi connectivity index (χ1n) is 12.4. The lowest BCUT2D eigenvalue weighted by Gasteiger charge is -2.65. The van der Waals surface area contributed by atoms with Crippen molar-refractivity contribution in [2.75, 3.05) is 6.61 Å². The third-order valence-electron chi connectivity index (χ3n) is 8.09. The van der Waals surface area contributed by atoms with Gasteiger partial charge >= 0.3 is 0 Å². The molecule has 4 fully saturated rings. The maximum absolute atomic E-state index is 14.2. The fourth-order valence-corrected chi connectivity index (χ4v) is 8.38. The standard InChI is InChI=1S/C28H34Cl2FNO2/c1-4-33-24-9-18(8-22(30)25(24)34-14-20-21(29)6-5-7-23(20)31)13-32-28-12-19-10-26(2,16-28)15-27(3,11-19)17-28/h5-9,19,32H,4,10-17H2,1-3H3/t19?,26-,27+,28?. The molecule has 4 aliphatic carbocycles. The molecule has 2 aromatic carbocycles. The van der Waals surface area contributed by atoms with E-state index in [4.69, 9.17) is 32.7 Å². The zero-order valence-corrected chi connectivity index (χ0v) is 21.8. The Hall–Kier alpha value is -1.49. The van der Waals surface area contributed by atoms with Gasteiger partial charge in [0.1, 0.15) is 12.4 Å². The van der Waals surface area contributed by atoms with Gasteiger partial charge in [-0.3, -0.25) is 0 Å². The lowest BCUT2D eigenvalue weighted by Crippen LogP contribution is -2.63. The summed E-state index contributed by atoms with van der Waals surface area (Å²) >= 11 is 12.8. The Balaban J connectivity index is 1.33. The van der Waals surface area contributed by atoms with Crippen LogP contribution in [0.3, 0.4) is 0 Å². The third kappa shape index (κ3) is 4.66. The highest BCUT2D eigenvalue weighted by atomic mass is 35.5. The van der Waals surface area contributed by atoms with E-state index < -0.39 is 5.82 Å². The molecule has 2 aromatic rings. The summed E-state index contributed by atoms with van der Waals surface area (Å²) in [6.45, 7) is 8.09. The minimum absolute atomic E-state index is 0.0233. The SMILES string of the molecule is CCOc1cc(CNC23CC4C[C@@](C)(C2)C[C@](C)(C4)C3)cc(Cl)c1OCc1c(F)cccc1Cl. The number of nitrogens with one attached hydrogen (secondary N) is 1. The zero-order valence-electron chi connectivity index (χ0n) is 20.3. The highest BCUT2D eigenvalue weighted by Crippen LogP contribution is 2.66. The van der Waals surface area contributed by atoms with Crippen molar-refractivity contribution < 1.29 is 13.9 Å². The van der Waals surface area contributed by atoms with Crippen LogP contribution in [-0.4, -0.2) is 12.1 Å². The number of benzene rings is 2. The molecule has 1 N–H and O–H groups in total. The van der Waals surface area contributed by atoms with E-state index in [1.54, 1.807) is 12.1 Å². The molecule has 0 heterocycles. The van der Waals surface area contributed by atoms with Gasteiger partial charge in [0.15, 0.2) is 11.5 Å². The van der Waals surface area contributed by atoms with Crippen LogP contribution < -0.4 is 14.8 Å². The first-order valence-corrected chi connectivity index (χ1v) is 13.1. The Morgan fingerprint density at radius 1 is 1.00 bits per heavy atom. The second-order valence-corrected chi connectivity index (χ2v) is 12.4. The normalized spacial score (nSPS) is 31.6. The third-order valence-corrected chi connectivity index (χ3v) is 8.72. The highest BCUT2D eigenvalue weighted by Gasteiger charge is 2.59. The molecule has 3 nitrogen and oxygen atoms in total. The molecule has 2 unspecified atom stereocenters. The van der Waals surface area contributed by atoms with Gasteiger partial charge in [-0.05, 0) is 92.0 Å². The van der Waals surface area contributed by atoms with Crippen molar-refractivity contribution in [3.8, 4) is 11.5 Å². The predicted octanol–water partition coefficient (Wildman–Crippen LogP) is 7.95. The number of halogens is 3. The molecule has 6 rings (SSSR count). The van der Waals surface area contributed by atoms with E-state index in [0.717, 1.165) is 18.0 Å². The van der Waals surface area contributed by atoms with Crippen LogP contribution in [0, 0.1) is 22.6 Å². The molecule has 0 radical (unpaired) electrons. The lowest BCUT2D eigenvalue weighted by molar-refractivity contribution is -0.118. The molecular weight excluding hydrogens is 472 g/mol. The fourth-order valence-electron chi connectivity index (χ4n) is 7.88. The first kappa shape index (κ1) is 24.2. The Morgan fingerprint density at radius 2 is 1.74 bits per heavy atom. The summed E-state index contributed by atoms with van der Waals surface area (Å²) in [5.74, 6) is 1.42. The van der Waals surface area contributed by atoms with E-state index >= 15 is 0 Å². The molecule has 6 heteroatoms. The van der Waals surface area contributed by atoms with Gasteiger partial charge in [-0.2, -0.15) is 0 Å². The molecule has 4 saturated carbocycles. The van der Waals surface area contributed by atoms with Crippen LogP contribution >= 0.6 is 23.2 Å². The van der Waals surface area contributed by atoms with E-state index in [1.165, 1.54) is 44.6 Å². The van der Waals surface area contributed by atoms with E-state index in [9.17, 15) is 4.39 Å². The zero-order chi connectivity index (χ0) is 24.1. The number of ether oxygens (including phenoxy) is 2. The lowest BCUT2D eigenvalue weighted by atomic mass is 9.43. The maximum atomic E-state index is 14.2. The Labute approximate surface area is 212 Å². The van der Waals surface area contributed by atoms with Crippen molar-refractivity contribution >= 4 is 23.2 Å². The second kappa shape index (κ2) is 8.87. The first-order chi connectivity index (χ1) is 16.1.